The Balaban J connectivity index is 1.50. The Kier molecular flexibility index (Phi) is 6.00. The van der Waals surface area contributed by atoms with E-state index in [4.69, 9.17) is 20.8 Å². The van der Waals surface area contributed by atoms with Crippen molar-refractivity contribution in [3.05, 3.63) is 82.9 Å². The molecule has 4 rings (SSSR count). The summed E-state index contributed by atoms with van der Waals surface area (Å²) in [7, 11) is 0. The highest BCUT2D eigenvalue weighted by molar-refractivity contribution is 6.31. The van der Waals surface area contributed by atoms with Crippen LogP contribution in [0.2, 0.25) is 5.02 Å². The molecule has 1 aromatic heterocycles. The van der Waals surface area contributed by atoms with E-state index in [0.29, 0.717) is 40.4 Å². The molecule has 6 nitrogen and oxygen atoms in total. The van der Waals surface area contributed by atoms with Gasteiger partial charge in [-0.3, -0.25) is 4.79 Å². The Morgan fingerprint density at radius 3 is 2.45 bits per heavy atom. The van der Waals surface area contributed by atoms with Gasteiger partial charge >= 0.3 is 0 Å². The van der Waals surface area contributed by atoms with Crippen molar-refractivity contribution in [2.45, 2.75) is 13.8 Å². The number of benzene rings is 3. The van der Waals surface area contributed by atoms with Gasteiger partial charge in [0, 0.05) is 21.8 Å². The molecule has 0 aliphatic rings. The number of hydrogen-bond donors (Lipinski definition) is 1. The Labute approximate surface area is 184 Å². The molecule has 0 aliphatic carbocycles. The third-order valence-corrected chi connectivity index (χ3v) is 4.80. The molecular formula is C24H20ClN3O3. The van der Waals surface area contributed by atoms with Gasteiger partial charge < -0.3 is 14.5 Å². The van der Waals surface area contributed by atoms with Crippen LogP contribution in [0.4, 0.5) is 5.69 Å². The number of halogens is 1. The van der Waals surface area contributed by atoms with Gasteiger partial charge in [-0.05, 0) is 68.4 Å². The second-order valence-corrected chi connectivity index (χ2v) is 7.32. The van der Waals surface area contributed by atoms with Gasteiger partial charge in [0.05, 0.1) is 12.2 Å². The first-order valence-electron chi connectivity index (χ1n) is 9.78. The predicted molar refractivity (Wildman–Crippen MR) is 120 cm³/mol. The van der Waals surface area contributed by atoms with E-state index in [1.807, 2.05) is 50.2 Å². The molecule has 0 spiro atoms. The van der Waals surface area contributed by atoms with Crippen molar-refractivity contribution in [3.8, 4) is 28.7 Å². The zero-order chi connectivity index (χ0) is 21.8. The third-order valence-electron chi connectivity index (χ3n) is 4.57. The molecule has 0 saturated heterocycles. The second kappa shape index (κ2) is 9.02. The minimum atomic E-state index is -0.285. The maximum atomic E-state index is 12.7. The van der Waals surface area contributed by atoms with Crippen LogP contribution in [0, 0.1) is 6.92 Å². The number of carbonyl (C=O) groups excluding carboxylic acids is 1. The lowest BCUT2D eigenvalue weighted by atomic mass is 10.1. The smallest absolute Gasteiger partial charge is 0.259 e. The Morgan fingerprint density at radius 1 is 1.00 bits per heavy atom. The first-order valence-corrected chi connectivity index (χ1v) is 10.2. The van der Waals surface area contributed by atoms with E-state index in [2.05, 4.69) is 15.5 Å². The van der Waals surface area contributed by atoms with Crippen LogP contribution in [-0.4, -0.2) is 22.7 Å². The minimum absolute atomic E-state index is 0.285. The standard InChI is InChI=1S/C24H20ClN3O3/c1-3-30-21-14-18(25)9-12-20(21)22(29)26-19-10-7-16(8-11-19)23-27-28-24(31-23)17-6-4-5-15(2)13-17/h4-14H,3H2,1-2H3,(H,26,29). The quantitative estimate of drug-likeness (QED) is 0.402. The highest BCUT2D eigenvalue weighted by atomic mass is 35.5. The first-order chi connectivity index (χ1) is 15.0. The summed E-state index contributed by atoms with van der Waals surface area (Å²) >= 11 is 6.01. The molecular weight excluding hydrogens is 414 g/mol. The lowest BCUT2D eigenvalue weighted by Crippen LogP contribution is -2.13. The number of rotatable bonds is 6. The van der Waals surface area contributed by atoms with Crippen LogP contribution < -0.4 is 10.1 Å². The van der Waals surface area contributed by atoms with Crippen molar-refractivity contribution < 1.29 is 13.9 Å². The van der Waals surface area contributed by atoms with Gasteiger partial charge in [-0.1, -0.05) is 29.3 Å². The molecule has 31 heavy (non-hydrogen) atoms. The summed E-state index contributed by atoms with van der Waals surface area (Å²) in [5.41, 5.74) is 3.78. The maximum Gasteiger partial charge on any atom is 0.259 e. The molecule has 0 saturated carbocycles. The summed E-state index contributed by atoms with van der Waals surface area (Å²) in [5.74, 6) is 1.03. The summed E-state index contributed by atoms with van der Waals surface area (Å²) in [6.45, 7) is 4.29. The van der Waals surface area contributed by atoms with Crippen molar-refractivity contribution in [2.75, 3.05) is 11.9 Å². The largest absolute Gasteiger partial charge is 0.493 e. The van der Waals surface area contributed by atoms with Crippen LogP contribution in [0.5, 0.6) is 5.75 Å². The normalized spacial score (nSPS) is 10.7. The molecule has 0 unspecified atom stereocenters. The summed E-state index contributed by atoms with van der Waals surface area (Å²) < 4.78 is 11.3. The number of amides is 1. The topological polar surface area (TPSA) is 77.2 Å². The highest BCUT2D eigenvalue weighted by Crippen LogP contribution is 2.27. The van der Waals surface area contributed by atoms with E-state index >= 15 is 0 Å². The van der Waals surface area contributed by atoms with Crippen molar-refractivity contribution in [1.82, 2.24) is 10.2 Å². The van der Waals surface area contributed by atoms with Crippen LogP contribution >= 0.6 is 11.6 Å². The number of anilines is 1. The average Bonchev–Trinajstić information content (AvgIpc) is 3.25. The summed E-state index contributed by atoms with van der Waals surface area (Å²) in [5, 5.41) is 11.6. The van der Waals surface area contributed by atoms with Gasteiger partial charge in [0.15, 0.2) is 0 Å². The first kappa shape index (κ1) is 20.6. The summed E-state index contributed by atoms with van der Waals surface area (Å²) in [6, 6.07) is 20.0. The molecule has 0 aliphatic heterocycles. The highest BCUT2D eigenvalue weighted by Gasteiger charge is 2.14. The monoisotopic (exact) mass is 433 g/mol. The Hall–Kier alpha value is -3.64. The van der Waals surface area contributed by atoms with Gasteiger partial charge in [0.2, 0.25) is 11.8 Å². The summed E-state index contributed by atoms with van der Waals surface area (Å²) in [4.78, 5) is 12.7. The Bertz CT molecular complexity index is 1220. The van der Waals surface area contributed by atoms with Gasteiger partial charge in [-0.25, -0.2) is 0 Å². The number of aromatic nitrogens is 2. The van der Waals surface area contributed by atoms with Crippen LogP contribution in [0.3, 0.4) is 0 Å². The zero-order valence-electron chi connectivity index (χ0n) is 17.1. The third kappa shape index (κ3) is 4.75. The van der Waals surface area contributed by atoms with E-state index in [1.165, 1.54) is 0 Å². The predicted octanol–water partition coefficient (Wildman–Crippen LogP) is 6.02. The second-order valence-electron chi connectivity index (χ2n) is 6.89. The van der Waals surface area contributed by atoms with Gasteiger partial charge in [-0.15, -0.1) is 10.2 Å². The Morgan fingerprint density at radius 2 is 1.74 bits per heavy atom. The minimum Gasteiger partial charge on any atom is -0.493 e. The molecule has 7 heteroatoms. The number of carbonyl (C=O) groups is 1. The SMILES string of the molecule is CCOc1cc(Cl)ccc1C(=O)Nc1ccc(-c2nnc(-c3cccc(C)c3)o2)cc1. The fourth-order valence-corrected chi connectivity index (χ4v) is 3.25. The maximum absolute atomic E-state index is 12.7. The summed E-state index contributed by atoms with van der Waals surface area (Å²) in [6.07, 6.45) is 0. The molecule has 1 amide bonds. The van der Waals surface area contributed by atoms with Crippen molar-refractivity contribution in [1.29, 1.82) is 0 Å². The number of hydrogen-bond acceptors (Lipinski definition) is 5. The number of nitrogens with zero attached hydrogens (tertiary/aromatic N) is 2. The number of aryl methyl sites for hydroxylation is 1. The lowest BCUT2D eigenvalue weighted by Gasteiger charge is -2.11. The number of ether oxygens (including phenoxy) is 1. The van der Waals surface area contributed by atoms with Crippen LogP contribution in [-0.2, 0) is 0 Å². The van der Waals surface area contributed by atoms with E-state index < -0.39 is 0 Å². The van der Waals surface area contributed by atoms with Crippen LogP contribution in [0.1, 0.15) is 22.8 Å². The van der Waals surface area contributed by atoms with E-state index in [0.717, 1.165) is 16.7 Å². The molecule has 1 heterocycles. The van der Waals surface area contributed by atoms with Gasteiger partial charge in [0.25, 0.3) is 5.91 Å². The molecule has 0 bridgehead atoms. The molecule has 0 atom stereocenters. The van der Waals surface area contributed by atoms with Crippen molar-refractivity contribution >= 4 is 23.2 Å². The fraction of sp³-hybridized carbons (Fsp3) is 0.125. The van der Waals surface area contributed by atoms with E-state index in [9.17, 15) is 4.79 Å². The fourth-order valence-electron chi connectivity index (χ4n) is 3.09. The average molecular weight is 434 g/mol. The van der Waals surface area contributed by atoms with Gasteiger partial charge in [-0.2, -0.15) is 0 Å². The van der Waals surface area contributed by atoms with Crippen molar-refractivity contribution in [2.24, 2.45) is 0 Å². The molecule has 4 aromatic rings. The zero-order valence-corrected chi connectivity index (χ0v) is 17.8. The molecule has 3 aromatic carbocycles. The van der Waals surface area contributed by atoms with E-state index in [1.54, 1.807) is 30.3 Å². The van der Waals surface area contributed by atoms with Crippen LogP contribution in [0.15, 0.2) is 71.1 Å². The molecule has 0 radical (unpaired) electrons. The van der Waals surface area contributed by atoms with E-state index in [-0.39, 0.29) is 5.91 Å². The molecule has 0 fully saturated rings. The lowest BCUT2D eigenvalue weighted by molar-refractivity contribution is 0.102. The molecule has 1 N–H and O–H groups in total. The number of nitrogens with one attached hydrogen (secondary N) is 1. The van der Waals surface area contributed by atoms with Crippen LogP contribution in [0.25, 0.3) is 22.9 Å². The molecule has 156 valence electrons. The van der Waals surface area contributed by atoms with Crippen molar-refractivity contribution in [3.63, 3.8) is 0 Å². The van der Waals surface area contributed by atoms with Gasteiger partial charge in [0.1, 0.15) is 5.75 Å².